The Kier molecular flexibility index (Phi) is 7.17. The van der Waals surface area contributed by atoms with Gasteiger partial charge < -0.3 is 9.64 Å². The van der Waals surface area contributed by atoms with Gasteiger partial charge in [0, 0.05) is 25.4 Å². The van der Waals surface area contributed by atoms with Crippen LogP contribution in [0.25, 0.3) is 0 Å². The number of hydrogen-bond donors (Lipinski definition) is 0. The SMILES string of the molecule is CCC(=O)N1CCC(OCc2cc(C(F)(F)F)cc(C(F)(F)F)c2)C(c2ccccc2)C1. The van der Waals surface area contributed by atoms with E-state index in [2.05, 4.69) is 0 Å². The van der Waals surface area contributed by atoms with Gasteiger partial charge in [-0.2, -0.15) is 26.3 Å². The highest BCUT2D eigenvalue weighted by molar-refractivity contribution is 5.76. The fourth-order valence-electron chi connectivity index (χ4n) is 3.91. The molecule has 3 rings (SSSR count). The Balaban J connectivity index is 1.83. The van der Waals surface area contributed by atoms with Gasteiger partial charge in [-0.15, -0.1) is 0 Å². The molecule has 0 N–H and O–H groups in total. The quantitative estimate of drug-likeness (QED) is 0.511. The average molecular weight is 459 g/mol. The summed E-state index contributed by atoms with van der Waals surface area (Å²) in [6.45, 7) is 2.14. The summed E-state index contributed by atoms with van der Waals surface area (Å²) in [4.78, 5) is 13.9. The minimum Gasteiger partial charge on any atom is -0.373 e. The van der Waals surface area contributed by atoms with Crippen molar-refractivity contribution < 1.29 is 35.9 Å². The number of carbonyl (C=O) groups is 1. The zero-order valence-corrected chi connectivity index (χ0v) is 17.3. The molecule has 2 aromatic rings. The molecule has 174 valence electrons. The molecule has 2 atom stereocenters. The molecule has 0 bridgehead atoms. The zero-order chi connectivity index (χ0) is 23.5. The Morgan fingerprint density at radius 1 is 1.00 bits per heavy atom. The van der Waals surface area contributed by atoms with Crippen molar-refractivity contribution in [1.82, 2.24) is 4.90 Å². The van der Waals surface area contributed by atoms with E-state index in [1.807, 2.05) is 30.3 Å². The lowest BCUT2D eigenvalue weighted by atomic mass is 9.87. The van der Waals surface area contributed by atoms with Gasteiger partial charge in [0.05, 0.1) is 23.8 Å². The lowest BCUT2D eigenvalue weighted by molar-refractivity contribution is -0.143. The highest BCUT2D eigenvalue weighted by Gasteiger charge is 2.37. The zero-order valence-electron chi connectivity index (χ0n) is 17.3. The van der Waals surface area contributed by atoms with Gasteiger partial charge in [0.2, 0.25) is 5.91 Å². The van der Waals surface area contributed by atoms with Gasteiger partial charge in [0.15, 0.2) is 0 Å². The van der Waals surface area contributed by atoms with Gasteiger partial charge in [-0.05, 0) is 35.7 Å². The molecule has 9 heteroatoms. The van der Waals surface area contributed by atoms with Gasteiger partial charge in [-0.25, -0.2) is 0 Å². The van der Waals surface area contributed by atoms with Crippen LogP contribution in [0, 0.1) is 0 Å². The summed E-state index contributed by atoms with van der Waals surface area (Å²) < 4.78 is 84.6. The predicted octanol–water partition coefficient (Wildman–Crippen LogP) is 6.04. The Morgan fingerprint density at radius 3 is 2.12 bits per heavy atom. The highest BCUT2D eigenvalue weighted by Crippen LogP contribution is 2.37. The van der Waals surface area contributed by atoms with Crippen molar-refractivity contribution in [3.63, 3.8) is 0 Å². The molecule has 1 saturated heterocycles. The van der Waals surface area contributed by atoms with Crippen LogP contribution in [0.15, 0.2) is 48.5 Å². The van der Waals surface area contributed by atoms with Crippen LogP contribution in [-0.2, 0) is 28.5 Å². The molecule has 1 heterocycles. The van der Waals surface area contributed by atoms with E-state index >= 15 is 0 Å². The van der Waals surface area contributed by atoms with Crippen molar-refractivity contribution in [1.29, 1.82) is 0 Å². The number of benzene rings is 2. The van der Waals surface area contributed by atoms with Crippen LogP contribution in [0.5, 0.6) is 0 Å². The van der Waals surface area contributed by atoms with E-state index in [0.29, 0.717) is 38.1 Å². The Bertz CT molecular complexity index is 894. The van der Waals surface area contributed by atoms with E-state index in [4.69, 9.17) is 4.74 Å². The number of likely N-dealkylation sites (tertiary alicyclic amines) is 1. The van der Waals surface area contributed by atoms with Crippen molar-refractivity contribution in [3.8, 4) is 0 Å². The number of halogens is 6. The van der Waals surface area contributed by atoms with Crippen LogP contribution in [0.3, 0.4) is 0 Å². The van der Waals surface area contributed by atoms with Crippen molar-refractivity contribution in [2.45, 2.75) is 50.7 Å². The lowest BCUT2D eigenvalue weighted by Gasteiger charge is -2.38. The van der Waals surface area contributed by atoms with Gasteiger partial charge in [-0.3, -0.25) is 4.79 Å². The summed E-state index contributed by atoms with van der Waals surface area (Å²) in [5.74, 6) is -0.259. The third-order valence-electron chi connectivity index (χ3n) is 5.54. The first kappa shape index (κ1) is 24.1. The molecular weight excluding hydrogens is 436 g/mol. The van der Waals surface area contributed by atoms with E-state index in [1.54, 1.807) is 11.8 Å². The molecule has 0 spiro atoms. The summed E-state index contributed by atoms with van der Waals surface area (Å²) in [5, 5.41) is 0. The van der Waals surface area contributed by atoms with E-state index in [9.17, 15) is 31.1 Å². The second-order valence-corrected chi connectivity index (χ2v) is 7.76. The summed E-state index contributed by atoms with van der Waals surface area (Å²) in [6.07, 6.45) is -9.50. The fraction of sp³-hybridized carbons (Fsp3) is 0.435. The van der Waals surface area contributed by atoms with E-state index in [1.165, 1.54) is 0 Å². The van der Waals surface area contributed by atoms with Crippen LogP contribution in [0.4, 0.5) is 26.3 Å². The van der Waals surface area contributed by atoms with Crippen LogP contribution in [0.2, 0.25) is 0 Å². The minimum atomic E-state index is -4.91. The highest BCUT2D eigenvalue weighted by atomic mass is 19.4. The van der Waals surface area contributed by atoms with E-state index in [-0.39, 0.29) is 23.5 Å². The Morgan fingerprint density at radius 2 is 1.59 bits per heavy atom. The topological polar surface area (TPSA) is 29.5 Å². The average Bonchev–Trinajstić information content (AvgIpc) is 2.76. The van der Waals surface area contributed by atoms with Crippen molar-refractivity contribution in [2.75, 3.05) is 13.1 Å². The minimum absolute atomic E-state index is 0.0166. The summed E-state index contributed by atoms with van der Waals surface area (Å²) in [5.41, 5.74) is -2.04. The first-order valence-electron chi connectivity index (χ1n) is 10.2. The number of amides is 1. The molecule has 0 aliphatic carbocycles. The first-order chi connectivity index (χ1) is 15.0. The van der Waals surface area contributed by atoms with Crippen molar-refractivity contribution in [3.05, 3.63) is 70.8 Å². The fourth-order valence-corrected chi connectivity index (χ4v) is 3.91. The molecule has 32 heavy (non-hydrogen) atoms. The molecule has 0 saturated carbocycles. The van der Waals surface area contributed by atoms with Crippen LogP contribution in [0.1, 0.15) is 47.9 Å². The third kappa shape index (κ3) is 5.82. The number of carbonyl (C=O) groups excluding carboxylic acids is 1. The van der Waals surface area contributed by atoms with Crippen LogP contribution >= 0.6 is 0 Å². The van der Waals surface area contributed by atoms with Gasteiger partial charge in [0.1, 0.15) is 0 Å². The summed E-state index contributed by atoms with van der Waals surface area (Å²) in [7, 11) is 0. The molecule has 1 fully saturated rings. The number of piperidine rings is 1. The van der Waals surface area contributed by atoms with Gasteiger partial charge in [0.25, 0.3) is 0 Å². The van der Waals surface area contributed by atoms with Gasteiger partial charge >= 0.3 is 12.4 Å². The summed E-state index contributed by atoms with van der Waals surface area (Å²) >= 11 is 0. The molecule has 0 aromatic heterocycles. The number of hydrogen-bond acceptors (Lipinski definition) is 2. The molecule has 2 unspecified atom stereocenters. The maximum Gasteiger partial charge on any atom is 0.416 e. The van der Waals surface area contributed by atoms with E-state index < -0.39 is 36.2 Å². The molecule has 2 aromatic carbocycles. The number of alkyl halides is 6. The predicted molar refractivity (Wildman–Crippen MR) is 106 cm³/mol. The Labute approximate surface area is 182 Å². The Hall–Kier alpha value is -2.55. The number of ether oxygens (including phenoxy) is 1. The largest absolute Gasteiger partial charge is 0.416 e. The molecule has 1 aliphatic heterocycles. The van der Waals surface area contributed by atoms with Crippen molar-refractivity contribution in [2.24, 2.45) is 0 Å². The molecule has 1 aliphatic rings. The summed E-state index contributed by atoms with van der Waals surface area (Å²) in [6, 6.07) is 10.7. The second kappa shape index (κ2) is 9.52. The molecule has 1 amide bonds. The monoisotopic (exact) mass is 459 g/mol. The molecule has 0 radical (unpaired) electrons. The van der Waals surface area contributed by atoms with Gasteiger partial charge in [-0.1, -0.05) is 37.3 Å². The first-order valence-corrected chi connectivity index (χ1v) is 10.2. The maximum absolute atomic E-state index is 13.1. The second-order valence-electron chi connectivity index (χ2n) is 7.76. The van der Waals surface area contributed by atoms with Crippen LogP contribution < -0.4 is 0 Å². The van der Waals surface area contributed by atoms with E-state index in [0.717, 1.165) is 5.56 Å². The standard InChI is InChI=1S/C23H23F6NO2/c1-2-21(31)30-9-8-20(19(13-30)16-6-4-3-5-7-16)32-14-15-10-17(22(24,25)26)12-18(11-15)23(27,28)29/h3-7,10-12,19-20H,2,8-9,13-14H2,1H3. The lowest BCUT2D eigenvalue weighted by Crippen LogP contribution is -2.45. The maximum atomic E-state index is 13.1. The van der Waals surface area contributed by atoms with Crippen LogP contribution in [-0.4, -0.2) is 30.0 Å². The molecule has 3 nitrogen and oxygen atoms in total. The molecular formula is C23H23F6NO2. The normalized spacial score (nSPS) is 19.8. The smallest absolute Gasteiger partial charge is 0.373 e. The number of rotatable bonds is 5. The van der Waals surface area contributed by atoms with Crippen molar-refractivity contribution >= 4 is 5.91 Å². The number of nitrogens with zero attached hydrogens (tertiary/aromatic N) is 1. The third-order valence-corrected chi connectivity index (χ3v) is 5.54.